The van der Waals surface area contributed by atoms with Crippen LogP contribution in [0.15, 0.2) is 42.7 Å². The molecule has 0 aliphatic heterocycles. The minimum atomic E-state index is -3.66. The Balaban J connectivity index is 1.83. The number of carbonyl (C=O) groups is 1. The van der Waals surface area contributed by atoms with Crippen LogP contribution in [0, 0.1) is 0 Å². The summed E-state index contributed by atoms with van der Waals surface area (Å²) in [6.07, 6.45) is 3.23. The number of benzene rings is 1. The second kappa shape index (κ2) is 8.43. The van der Waals surface area contributed by atoms with Gasteiger partial charge in [-0.1, -0.05) is 29.3 Å². The van der Waals surface area contributed by atoms with Crippen LogP contribution in [-0.2, 0) is 27.1 Å². The molecule has 9 heteroatoms. The summed E-state index contributed by atoms with van der Waals surface area (Å²) in [5.74, 6) is -0.717. The highest BCUT2D eigenvalue weighted by Gasteiger charge is 2.14. The second-order valence-electron chi connectivity index (χ2n) is 4.96. The lowest BCUT2D eigenvalue weighted by Crippen LogP contribution is -2.37. The number of nitrogens with one attached hydrogen (secondary N) is 2. The Morgan fingerprint density at radius 3 is 2.42 bits per heavy atom. The molecule has 0 saturated heterocycles. The van der Waals surface area contributed by atoms with Crippen molar-refractivity contribution in [2.24, 2.45) is 0 Å². The minimum Gasteiger partial charge on any atom is -0.351 e. The fourth-order valence-corrected chi connectivity index (χ4v) is 3.23. The molecule has 0 radical (unpaired) electrons. The zero-order valence-corrected chi connectivity index (χ0v) is 14.8. The molecule has 1 aromatic heterocycles. The summed E-state index contributed by atoms with van der Waals surface area (Å²) in [4.78, 5) is 15.6. The van der Waals surface area contributed by atoms with E-state index in [1.165, 1.54) is 12.1 Å². The average Bonchev–Trinajstić information content (AvgIpc) is 2.55. The lowest BCUT2D eigenvalue weighted by molar-refractivity contribution is -0.120. The maximum Gasteiger partial charge on any atom is 0.235 e. The molecule has 1 amide bonds. The van der Waals surface area contributed by atoms with Gasteiger partial charge in [-0.3, -0.25) is 9.78 Å². The molecular formula is C15H15Cl2N3O3S. The number of hydrogen-bond donors (Lipinski definition) is 2. The molecule has 0 atom stereocenters. The van der Waals surface area contributed by atoms with Gasteiger partial charge in [-0.15, -0.1) is 0 Å². The van der Waals surface area contributed by atoms with Crippen LogP contribution in [0.25, 0.3) is 0 Å². The maximum absolute atomic E-state index is 12.0. The Kier molecular flexibility index (Phi) is 6.56. The van der Waals surface area contributed by atoms with Crippen LogP contribution in [0.2, 0.25) is 10.0 Å². The highest BCUT2D eigenvalue weighted by molar-refractivity contribution is 7.88. The zero-order valence-electron chi connectivity index (χ0n) is 12.5. The lowest BCUT2D eigenvalue weighted by Gasteiger charge is -2.08. The number of hydrogen-bond acceptors (Lipinski definition) is 4. The minimum absolute atomic E-state index is 0.277. The first-order chi connectivity index (χ1) is 11.4. The molecule has 0 saturated carbocycles. The Morgan fingerprint density at radius 2 is 1.75 bits per heavy atom. The number of nitrogens with zero attached hydrogens (tertiary/aromatic N) is 1. The van der Waals surface area contributed by atoms with Gasteiger partial charge in [0, 0.05) is 18.9 Å². The molecular weight excluding hydrogens is 373 g/mol. The van der Waals surface area contributed by atoms with Crippen molar-refractivity contribution in [2.45, 2.75) is 12.3 Å². The average molecular weight is 388 g/mol. The lowest BCUT2D eigenvalue weighted by atomic mass is 10.2. The number of rotatable bonds is 7. The number of carbonyl (C=O) groups excluding carboxylic acids is 1. The highest BCUT2D eigenvalue weighted by atomic mass is 35.5. The van der Waals surface area contributed by atoms with Gasteiger partial charge in [-0.25, -0.2) is 13.1 Å². The number of aromatic nitrogens is 1. The molecule has 6 nitrogen and oxygen atoms in total. The number of halogens is 2. The third-order valence-electron chi connectivity index (χ3n) is 3.03. The predicted octanol–water partition coefficient (Wildman–Crippen LogP) is 2.12. The van der Waals surface area contributed by atoms with Crippen LogP contribution >= 0.6 is 23.2 Å². The summed E-state index contributed by atoms with van der Waals surface area (Å²) in [5.41, 5.74) is 1.35. The van der Waals surface area contributed by atoms with Crippen molar-refractivity contribution < 1.29 is 13.2 Å². The van der Waals surface area contributed by atoms with Gasteiger partial charge in [-0.05, 0) is 35.4 Å². The standard InChI is InChI=1S/C15H15Cl2N3O3S/c16-13-2-1-12(7-14(13)17)10-24(22,23)20-9-15(21)19-8-11-3-5-18-6-4-11/h1-7,20H,8-10H2,(H,19,21). The third-order valence-corrected chi connectivity index (χ3v) is 5.07. The molecule has 2 rings (SSSR count). The van der Waals surface area contributed by atoms with Crippen molar-refractivity contribution in [3.05, 3.63) is 63.9 Å². The van der Waals surface area contributed by atoms with Gasteiger partial charge < -0.3 is 5.32 Å². The first kappa shape index (κ1) is 18.7. The van der Waals surface area contributed by atoms with Gasteiger partial charge in [0.05, 0.1) is 22.3 Å². The molecule has 0 unspecified atom stereocenters. The summed E-state index contributed by atoms with van der Waals surface area (Å²) in [6, 6.07) is 8.09. The molecule has 2 N–H and O–H groups in total. The number of pyridine rings is 1. The van der Waals surface area contributed by atoms with E-state index in [4.69, 9.17) is 23.2 Å². The van der Waals surface area contributed by atoms with E-state index in [-0.39, 0.29) is 17.3 Å². The van der Waals surface area contributed by atoms with E-state index in [1.807, 2.05) is 0 Å². The van der Waals surface area contributed by atoms with E-state index in [0.717, 1.165) is 5.56 Å². The molecule has 128 valence electrons. The Bertz CT molecular complexity index is 814. The van der Waals surface area contributed by atoms with Gasteiger partial charge in [0.15, 0.2) is 0 Å². The van der Waals surface area contributed by atoms with Crippen molar-refractivity contribution in [1.29, 1.82) is 0 Å². The second-order valence-corrected chi connectivity index (χ2v) is 7.58. The zero-order chi connectivity index (χ0) is 17.6. The first-order valence-corrected chi connectivity index (χ1v) is 9.33. The topological polar surface area (TPSA) is 88.2 Å². The quantitative estimate of drug-likeness (QED) is 0.761. The van der Waals surface area contributed by atoms with E-state index in [0.29, 0.717) is 17.1 Å². The van der Waals surface area contributed by atoms with Crippen LogP contribution in [0.4, 0.5) is 0 Å². The van der Waals surface area contributed by atoms with Crippen LogP contribution in [0.1, 0.15) is 11.1 Å². The molecule has 0 spiro atoms. The molecule has 0 fully saturated rings. The van der Waals surface area contributed by atoms with E-state index in [9.17, 15) is 13.2 Å². The third kappa shape index (κ3) is 6.09. The van der Waals surface area contributed by atoms with Crippen LogP contribution in [-0.4, -0.2) is 25.9 Å². The normalized spacial score (nSPS) is 11.2. The van der Waals surface area contributed by atoms with Crippen molar-refractivity contribution in [1.82, 2.24) is 15.0 Å². The smallest absolute Gasteiger partial charge is 0.235 e. The summed E-state index contributed by atoms with van der Waals surface area (Å²) in [5, 5.41) is 3.25. The SMILES string of the molecule is O=C(CNS(=O)(=O)Cc1ccc(Cl)c(Cl)c1)NCc1ccncc1. The molecule has 0 aliphatic rings. The van der Waals surface area contributed by atoms with Crippen molar-refractivity contribution in [2.75, 3.05) is 6.54 Å². The van der Waals surface area contributed by atoms with E-state index in [2.05, 4.69) is 15.0 Å². The highest BCUT2D eigenvalue weighted by Crippen LogP contribution is 2.23. The van der Waals surface area contributed by atoms with Crippen molar-refractivity contribution in [3.8, 4) is 0 Å². The van der Waals surface area contributed by atoms with Crippen LogP contribution in [0.3, 0.4) is 0 Å². The van der Waals surface area contributed by atoms with Crippen LogP contribution < -0.4 is 10.0 Å². The van der Waals surface area contributed by atoms with Crippen LogP contribution in [0.5, 0.6) is 0 Å². The fraction of sp³-hybridized carbons (Fsp3) is 0.200. The summed E-state index contributed by atoms with van der Waals surface area (Å²) in [6.45, 7) is -0.0371. The molecule has 2 aromatic rings. The van der Waals surface area contributed by atoms with Crippen molar-refractivity contribution >= 4 is 39.1 Å². The van der Waals surface area contributed by atoms with Gasteiger partial charge in [0.2, 0.25) is 15.9 Å². The Labute approximate surface area is 150 Å². The van der Waals surface area contributed by atoms with Gasteiger partial charge >= 0.3 is 0 Å². The molecule has 24 heavy (non-hydrogen) atoms. The summed E-state index contributed by atoms with van der Waals surface area (Å²) in [7, 11) is -3.66. The molecule has 0 aliphatic carbocycles. The van der Waals surface area contributed by atoms with E-state index in [1.54, 1.807) is 30.6 Å². The van der Waals surface area contributed by atoms with Gasteiger partial charge in [0.25, 0.3) is 0 Å². The number of sulfonamides is 1. The largest absolute Gasteiger partial charge is 0.351 e. The molecule has 1 aromatic carbocycles. The van der Waals surface area contributed by atoms with Gasteiger partial charge in [-0.2, -0.15) is 0 Å². The summed E-state index contributed by atoms with van der Waals surface area (Å²) < 4.78 is 26.2. The van der Waals surface area contributed by atoms with E-state index < -0.39 is 15.9 Å². The number of amides is 1. The predicted molar refractivity (Wildman–Crippen MR) is 93.2 cm³/mol. The van der Waals surface area contributed by atoms with Crippen molar-refractivity contribution in [3.63, 3.8) is 0 Å². The first-order valence-electron chi connectivity index (χ1n) is 6.92. The Morgan fingerprint density at radius 1 is 1.04 bits per heavy atom. The molecule has 1 heterocycles. The fourth-order valence-electron chi connectivity index (χ4n) is 1.84. The summed E-state index contributed by atoms with van der Waals surface area (Å²) >= 11 is 11.6. The van der Waals surface area contributed by atoms with E-state index >= 15 is 0 Å². The maximum atomic E-state index is 12.0. The molecule has 0 bridgehead atoms. The Hall–Kier alpha value is -1.67. The van der Waals surface area contributed by atoms with Gasteiger partial charge in [0.1, 0.15) is 0 Å². The monoisotopic (exact) mass is 387 g/mol.